The molecule has 0 aromatic heterocycles. The molecule has 0 aliphatic heterocycles. The van der Waals surface area contributed by atoms with Crippen LogP contribution in [-0.2, 0) is 13.1 Å². The number of methoxy groups -OCH3 is 1. The summed E-state index contributed by atoms with van der Waals surface area (Å²) in [6.45, 7) is 1.45. The highest BCUT2D eigenvalue weighted by molar-refractivity contribution is 7.98. The molecule has 2 aromatic carbocycles. The molecule has 0 heterocycles. The topological polar surface area (TPSA) is 49.8 Å². The zero-order valence-corrected chi connectivity index (χ0v) is 14.4. The quantitative estimate of drug-likeness (QED) is 0.783. The summed E-state index contributed by atoms with van der Waals surface area (Å²) in [5.41, 5.74) is 2.47. The van der Waals surface area contributed by atoms with Gasteiger partial charge in [0.15, 0.2) is 0 Å². The van der Waals surface area contributed by atoms with E-state index in [2.05, 4.69) is 23.1 Å². The number of rotatable bonds is 7. The molecule has 122 valence electrons. The Morgan fingerprint density at radius 3 is 2.48 bits per heavy atom. The van der Waals surface area contributed by atoms with Gasteiger partial charge in [0.05, 0.1) is 12.7 Å². The largest absolute Gasteiger partial charge is 0.496 e. The third-order valence-electron chi connectivity index (χ3n) is 3.53. The zero-order valence-electron chi connectivity index (χ0n) is 13.6. The number of hydrogen-bond donors (Lipinski definition) is 1. The predicted octanol–water partition coefficient (Wildman–Crippen LogP) is 3.75. The van der Waals surface area contributed by atoms with Gasteiger partial charge in [-0.1, -0.05) is 18.2 Å². The summed E-state index contributed by atoms with van der Waals surface area (Å²) < 4.78 is 5.41. The number of thioether (sulfide) groups is 1. The molecule has 0 unspecified atom stereocenters. The van der Waals surface area contributed by atoms with E-state index in [1.165, 1.54) is 0 Å². The molecule has 23 heavy (non-hydrogen) atoms. The van der Waals surface area contributed by atoms with Gasteiger partial charge in [-0.3, -0.25) is 4.90 Å². The fourth-order valence-corrected chi connectivity index (χ4v) is 3.01. The standard InChI is InChI=1S/C18H21NO3S/c1-19(11-13-5-4-6-15(9-13)18(20)21)12-14-7-8-17(23-3)16(10-14)22-2/h4-10H,11-12H2,1-3H3,(H,20,21). The Labute approximate surface area is 141 Å². The number of ether oxygens (including phenoxy) is 1. The third-order valence-corrected chi connectivity index (χ3v) is 4.30. The molecule has 0 bridgehead atoms. The molecule has 0 atom stereocenters. The van der Waals surface area contributed by atoms with E-state index >= 15 is 0 Å². The molecule has 0 fully saturated rings. The Hall–Kier alpha value is -1.98. The lowest BCUT2D eigenvalue weighted by molar-refractivity contribution is 0.0696. The molecule has 0 amide bonds. The van der Waals surface area contributed by atoms with Crippen LogP contribution in [0.4, 0.5) is 0 Å². The van der Waals surface area contributed by atoms with Gasteiger partial charge >= 0.3 is 5.97 Å². The van der Waals surface area contributed by atoms with Gasteiger partial charge in [-0.25, -0.2) is 4.79 Å². The lowest BCUT2D eigenvalue weighted by Gasteiger charge is -2.18. The van der Waals surface area contributed by atoms with Gasteiger partial charge in [0.25, 0.3) is 0 Å². The second kappa shape index (κ2) is 8.04. The van der Waals surface area contributed by atoms with Crippen LogP contribution in [0.15, 0.2) is 47.4 Å². The average Bonchev–Trinajstić information content (AvgIpc) is 2.54. The number of carbonyl (C=O) groups is 1. The fourth-order valence-electron chi connectivity index (χ4n) is 2.46. The molecule has 2 rings (SSSR count). The number of carboxylic acids is 1. The second-order valence-corrected chi connectivity index (χ2v) is 6.22. The van der Waals surface area contributed by atoms with E-state index in [9.17, 15) is 4.79 Å². The van der Waals surface area contributed by atoms with E-state index in [4.69, 9.17) is 9.84 Å². The van der Waals surface area contributed by atoms with Crippen molar-refractivity contribution in [3.63, 3.8) is 0 Å². The van der Waals surface area contributed by atoms with Crippen LogP contribution in [0.5, 0.6) is 5.75 Å². The summed E-state index contributed by atoms with van der Waals surface area (Å²) in [5, 5.41) is 9.06. The molecule has 0 aliphatic carbocycles. The highest BCUT2D eigenvalue weighted by Crippen LogP contribution is 2.28. The maximum Gasteiger partial charge on any atom is 0.335 e. The lowest BCUT2D eigenvalue weighted by atomic mass is 10.1. The van der Waals surface area contributed by atoms with Crippen LogP contribution in [0.3, 0.4) is 0 Å². The first-order chi connectivity index (χ1) is 11.0. The normalized spacial score (nSPS) is 10.8. The minimum Gasteiger partial charge on any atom is -0.496 e. The SMILES string of the molecule is COc1cc(CN(C)Cc2cccc(C(=O)O)c2)ccc1SC. The molecule has 0 saturated carbocycles. The monoisotopic (exact) mass is 331 g/mol. The Morgan fingerprint density at radius 1 is 1.17 bits per heavy atom. The molecular weight excluding hydrogens is 310 g/mol. The molecule has 5 heteroatoms. The molecule has 0 spiro atoms. The lowest BCUT2D eigenvalue weighted by Crippen LogP contribution is -2.17. The highest BCUT2D eigenvalue weighted by atomic mass is 32.2. The van der Waals surface area contributed by atoms with Crippen molar-refractivity contribution in [1.29, 1.82) is 0 Å². The summed E-state index contributed by atoms with van der Waals surface area (Å²) in [5.74, 6) is -0.0110. The number of carboxylic acid groups (broad SMARTS) is 1. The first-order valence-corrected chi connectivity index (χ1v) is 8.47. The van der Waals surface area contributed by atoms with Gasteiger partial charge in [-0.05, 0) is 48.7 Å². The van der Waals surface area contributed by atoms with Gasteiger partial charge in [0.2, 0.25) is 0 Å². The van der Waals surface area contributed by atoms with Crippen molar-refractivity contribution >= 4 is 17.7 Å². The van der Waals surface area contributed by atoms with E-state index in [1.807, 2.05) is 19.4 Å². The maximum absolute atomic E-state index is 11.0. The van der Waals surface area contributed by atoms with Gasteiger partial charge in [-0.15, -0.1) is 11.8 Å². The van der Waals surface area contributed by atoms with Crippen molar-refractivity contribution in [2.45, 2.75) is 18.0 Å². The molecule has 0 radical (unpaired) electrons. The third kappa shape index (κ3) is 4.74. The summed E-state index contributed by atoms with van der Waals surface area (Å²) >= 11 is 1.66. The van der Waals surface area contributed by atoms with Gasteiger partial charge in [0.1, 0.15) is 5.75 Å². The van der Waals surface area contributed by atoms with E-state index in [0.717, 1.165) is 28.3 Å². The molecule has 0 saturated heterocycles. The average molecular weight is 331 g/mol. The smallest absolute Gasteiger partial charge is 0.335 e. The zero-order chi connectivity index (χ0) is 16.8. The van der Waals surface area contributed by atoms with Crippen LogP contribution >= 0.6 is 11.8 Å². The Kier molecular flexibility index (Phi) is 6.07. The van der Waals surface area contributed by atoms with Gasteiger partial charge < -0.3 is 9.84 Å². The fraction of sp³-hybridized carbons (Fsp3) is 0.278. The highest BCUT2D eigenvalue weighted by Gasteiger charge is 2.08. The van der Waals surface area contributed by atoms with Crippen LogP contribution in [0.25, 0.3) is 0 Å². The summed E-state index contributed by atoms with van der Waals surface area (Å²) in [6, 6.07) is 13.3. The van der Waals surface area contributed by atoms with E-state index in [0.29, 0.717) is 12.1 Å². The first-order valence-electron chi connectivity index (χ1n) is 7.25. The number of benzene rings is 2. The minimum atomic E-state index is -0.896. The second-order valence-electron chi connectivity index (χ2n) is 5.37. The van der Waals surface area contributed by atoms with Crippen LogP contribution in [-0.4, -0.2) is 36.4 Å². The number of aromatic carboxylic acids is 1. The minimum absolute atomic E-state index is 0.321. The van der Waals surface area contributed by atoms with Crippen molar-refractivity contribution in [2.75, 3.05) is 20.4 Å². The first kappa shape index (κ1) is 17.4. The van der Waals surface area contributed by atoms with Crippen molar-refractivity contribution in [3.05, 3.63) is 59.2 Å². The van der Waals surface area contributed by atoms with Crippen molar-refractivity contribution in [1.82, 2.24) is 4.90 Å². The Morgan fingerprint density at radius 2 is 1.87 bits per heavy atom. The van der Waals surface area contributed by atoms with E-state index in [1.54, 1.807) is 37.1 Å². The van der Waals surface area contributed by atoms with E-state index < -0.39 is 5.97 Å². The summed E-state index contributed by atoms with van der Waals surface area (Å²) in [6.07, 6.45) is 2.03. The Balaban J connectivity index is 2.06. The maximum atomic E-state index is 11.0. The molecular formula is C18H21NO3S. The van der Waals surface area contributed by atoms with Gasteiger partial charge in [0, 0.05) is 18.0 Å². The van der Waals surface area contributed by atoms with Crippen molar-refractivity contribution in [2.24, 2.45) is 0 Å². The van der Waals surface area contributed by atoms with Crippen LogP contribution in [0.2, 0.25) is 0 Å². The molecule has 1 N–H and O–H groups in total. The molecule has 2 aromatic rings. The number of nitrogens with zero attached hydrogens (tertiary/aromatic N) is 1. The Bertz CT molecular complexity index is 688. The van der Waals surface area contributed by atoms with Crippen LogP contribution in [0, 0.1) is 0 Å². The van der Waals surface area contributed by atoms with Crippen LogP contribution in [0.1, 0.15) is 21.5 Å². The van der Waals surface area contributed by atoms with Crippen LogP contribution < -0.4 is 4.74 Å². The molecule has 0 aliphatic rings. The summed E-state index contributed by atoms with van der Waals surface area (Å²) in [4.78, 5) is 14.3. The number of hydrogen-bond acceptors (Lipinski definition) is 4. The molecule has 4 nitrogen and oxygen atoms in total. The van der Waals surface area contributed by atoms with Gasteiger partial charge in [-0.2, -0.15) is 0 Å². The van der Waals surface area contributed by atoms with Crippen molar-refractivity contribution in [3.8, 4) is 5.75 Å². The summed E-state index contributed by atoms with van der Waals surface area (Å²) in [7, 11) is 3.70. The van der Waals surface area contributed by atoms with E-state index in [-0.39, 0.29) is 0 Å². The predicted molar refractivity (Wildman–Crippen MR) is 93.3 cm³/mol. The van der Waals surface area contributed by atoms with Crippen molar-refractivity contribution < 1.29 is 14.6 Å².